The van der Waals surface area contributed by atoms with Gasteiger partial charge in [0.15, 0.2) is 5.01 Å². The van der Waals surface area contributed by atoms with E-state index in [2.05, 4.69) is 15.0 Å². The van der Waals surface area contributed by atoms with Crippen molar-refractivity contribution in [2.45, 2.75) is 0 Å². The SMILES string of the molecule is c1cn2sc(-c3cscn3)nc2n1. The lowest BCUT2D eigenvalue weighted by molar-refractivity contribution is 1.26. The Morgan fingerprint density at radius 1 is 1.31 bits per heavy atom. The number of rotatable bonds is 1. The second kappa shape index (κ2) is 2.61. The van der Waals surface area contributed by atoms with Crippen LogP contribution in [0.2, 0.25) is 0 Å². The molecule has 0 bridgehead atoms. The van der Waals surface area contributed by atoms with Crippen molar-refractivity contribution in [2.75, 3.05) is 0 Å². The maximum atomic E-state index is 4.33. The van der Waals surface area contributed by atoms with Crippen molar-refractivity contribution in [3.63, 3.8) is 0 Å². The molecule has 6 heteroatoms. The predicted octanol–water partition coefficient (Wildman–Crippen LogP) is 1.91. The van der Waals surface area contributed by atoms with Crippen LogP contribution in [-0.2, 0) is 0 Å². The van der Waals surface area contributed by atoms with Crippen LogP contribution in [0, 0.1) is 0 Å². The van der Waals surface area contributed by atoms with E-state index < -0.39 is 0 Å². The molecule has 3 heterocycles. The second-order valence-corrected chi connectivity index (χ2v) is 4.12. The van der Waals surface area contributed by atoms with Crippen LogP contribution in [0.15, 0.2) is 23.3 Å². The molecule has 0 saturated heterocycles. The molecule has 64 valence electrons. The van der Waals surface area contributed by atoms with Crippen LogP contribution in [0.1, 0.15) is 0 Å². The Hall–Kier alpha value is -1.27. The van der Waals surface area contributed by atoms with Gasteiger partial charge in [0.05, 0.1) is 5.51 Å². The van der Waals surface area contributed by atoms with Gasteiger partial charge in [-0.1, -0.05) is 0 Å². The fraction of sp³-hybridized carbons (Fsp3) is 0. The Labute approximate surface area is 81.7 Å². The summed E-state index contributed by atoms with van der Waals surface area (Å²) in [5, 5.41) is 2.91. The molecule has 4 nitrogen and oxygen atoms in total. The first-order valence-corrected chi connectivity index (χ1v) is 5.34. The Morgan fingerprint density at radius 3 is 3.08 bits per heavy atom. The summed E-state index contributed by atoms with van der Waals surface area (Å²) in [4.78, 5) is 12.6. The summed E-state index contributed by atoms with van der Waals surface area (Å²) in [6.45, 7) is 0. The third-order valence-corrected chi connectivity index (χ3v) is 3.17. The van der Waals surface area contributed by atoms with Gasteiger partial charge in [-0.3, -0.25) is 0 Å². The highest BCUT2D eigenvalue weighted by Gasteiger charge is 2.07. The summed E-state index contributed by atoms with van der Waals surface area (Å²) in [5.74, 6) is 0.744. The van der Waals surface area contributed by atoms with Crippen molar-refractivity contribution in [3.8, 4) is 10.7 Å². The highest BCUT2D eigenvalue weighted by Crippen LogP contribution is 2.22. The fourth-order valence-electron chi connectivity index (χ4n) is 1.06. The minimum atomic E-state index is 0.744. The van der Waals surface area contributed by atoms with Gasteiger partial charge in [-0.05, 0) is 11.5 Å². The Balaban J connectivity index is 2.23. The molecule has 0 fully saturated rings. The van der Waals surface area contributed by atoms with Gasteiger partial charge in [-0.15, -0.1) is 11.3 Å². The van der Waals surface area contributed by atoms with Crippen molar-refractivity contribution >= 4 is 28.6 Å². The van der Waals surface area contributed by atoms with Crippen molar-refractivity contribution in [1.82, 2.24) is 18.7 Å². The summed E-state index contributed by atoms with van der Waals surface area (Å²) in [5.41, 5.74) is 2.74. The van der Waals surface area contributed by atoms with Gasteiger partial charge in [0.25, 0.3) is 0 Å². The van der Waals surface area contributed by atoms with E-state index in [-0.39, 0.29) is 0 Å². The normalized spacial score (nSPS) is 11.1. The zero-order valence-corrected chi connectivity index (χ0v) is 8.05. The first kappa shape index (κ1) is 7.16. The average molecular weight is 208 g/mol. The van der Waals surface area contributed by atoms with Gasteiger partial charge in [0, 0.05) is 17.8 Å². The zero-order chi connectivity index (χ0) is 8.67. The van der Waals surface area contributed by atoms with E-state index in [0.717, 1.165) is 16.5 Å². The van der Waals surface area contributed by atoms with Gasteiger partial charge in [0.1, 0.15) is 5.69 Å². The molecule has 0 aliphatic carbocycles. The molecule has 3 aromatic rings. The fourth-order valence-corrected chi connectivity index (χ4v) is 2.47. The van der Waals surface area contributed by atoms with Crippen LogP contribution in [0.3, 0.4) is 0 Å². The van der Waals surface area contributed by atoms with Crippen LogP contribution in [-0.4, -0.2) is 18.7 Å². The highest BCUT2D eigenvalue weighted by atomic mass is 32.1. The highest BCUT2D eigenvalue weighted by molar-refractivity contribution is 7.11. The molecule has 0 aliphatic rings. The molecule has 13 heavy (non-hydrogen) atoms. The molecule has 0 amide bonds. The molecule has 3 rings (SSSR count). The standard InChI is InChI=1S/C7H4N4S2/c1-2-11-7(8-1)10-6(13-11)5-3-12-4-9-5/h1-4H. The second-order valence-electron chi connectivity index (χ2n) is 2.43. The molecule has 0 aromatic carbocycles. The lowest BCUT2D eigenvalue weighted by Gasteiger charge is -1.82. The number of imidazole rings is 1. The monoisotopic (exact) mass is 208 g/mol. The Bertz CT molecular complexity index is 493. The molecule has 0 spiro atoms. The number of aromatic nitrogens is 4. The Kier molecular flexibility index (Phi) is 1.44. The molecule has 0 radical (unpaired) electrons. The maximum absolute atomic E-state index is 4.33. The smallest absolute Gasteiger partial charge is 0.242 e. The first-order chi connectivity index (χ1) is 6.43. The number of fused-ring (bicyclic) bond motifs is 1. The molecule has 0 saturated carbocycles. The summed E-state index contributed by atoms with van der Waals surface area (Å²) >= 11 is 3.12. The largest absolute Gasteiger partial charge is 0.244 e. The summed E-state index contributed by atoms with van der Waals surface area (Å²) in [6, 6.07) is 0. The number of thiazole rings is 1. The summed E-state index contributed by atoms with van der Waals surface area (Å²) < 4.78 is 1.93. The van der Waals surface area contributed by atoms with Gasteiger partial charge in [0.2, 0.25) is 5.78 Å². The van der Waals surface area contributed by atoms with E-state index >= 15 is 0 Å². The Morgan fingerprint density at radius 2 is 2.31 bits per heavy atom. The van der Waals surface area contributed by atoms with Gasteiger partial charge < -0.3 is 0 Å². The summed E-state index contributed by atoms with van der Waals surface area (Å²) in [7, 11) is 0. The quantitative estimate of drug-likeness (QED) is 0.613. The maximum Gasteiger partial charge on any atom is 0.244 e. The topological polar surface area (TPSA) is 43.1 Å². The molecule has 0 unspecified atom stereocenters. The molecular weight excluding hydrogens is 204 g/mol. The van der Waals surface area contributed by atoms with Gasteiger partial charge in [-0.25, -0.2) is 13.8 Å². The van der Waals surface area contributed by atoms with E-state index in [9.17, 15) is 0 Å². The van der Waals surface area contributed by atoms with Gasteiger partial charge in [-0.2, -0.15) is 4.98 Å². The van der Waals surface area contributed by atoms with Crippen LogP contribution in [0.4, 0.5) is 0 Å². The lowest BCUT2D eigenvalue weighted by Crippen LogP contribution is -1.74. The van der Waals surface area contributed by atoms with Crippen molar-refractivity contribution in [2.24, 2.45) is 0 Å². The third-order valence-electron chi connectivity index (χ3n) is 1.63. The lowest BCUT2D eigenvalue weighted by atomic mass is 10.5. The molecular formula is C7H4N4S2. The minimum Gasteiger partial charge on any atom is -0.242 e. The molecule has 0 atom stereocenters. The van der Waals surface area contributed by atoms with Crippen molar-refractivity contribution in [3.05, 3.63) is 23.3 Å². The number of nitrogens with zero attached hydrogens (tertiary/aromatic N) is 4. The molecule has 3 aromatic heterocycles. The van der Waals surface area contributed by atoms with Crippen LogP contribution in [0.5, 0.6) is 0 Å². The van der Waals surface area contributed by atoms with E-state index in [1.807, 2.05) is 15.4 Å². The molecule has 0 N–H and O–H groups in total. The summed E-state index contributed by atoms with van der Waals surface area (Å²) in [6.07, 6.45) is 3.63. The van der Waals surface area contributed by atoms with Crippen LogP contribution < -0.4 is 0 Å². The van der Waals surface area contributed by atoms with E-state index in [0.29, 0.717) is 0 Å². The zero-order valence-electron chi connectivity index (χ0n) is 6.41. The predicted molar refractivity (Wildman–Crippen MR) is 52.0 cm³/mol. The average Bonchev–Trinajstić information content (AvgIpc) is 2.78. The van der Waals surface area contributed by atoms with E-state index in [1.54, 1.807) is 34.6 Å². The first-order valence-electron chi connectivity index (χ1n) is 3.62. The van der Waals surface area contributed by atoms with Crippen LogP contribution >= 0.6 is 22.9 Å². The number of hydrogen-bond donors (Lipinski definition) is 0. The van der Waals surface area contributed by atoms with Crippen molar-refractivity contribution in [1.29, 1.82) is 0 Å². The molecule has 0 aliphatic heterocycles. The van der Waals surface area contributed by atoms with E-state index in [1.165, 1.54) is 0 Å². The number of hydrogen-bond acceptors (Lipinski definition) is 5. The van der Waals surface area contributed by atoms with Gasteiger partial charge >= 0.3 is 0 Å². The van der Waals surface area contributed by atoms with E-state index in [4.69, 9.17) is 0 Å². The third kappa shape index (κ3) is 1.06. The minimum absolute atomic E-state index is 0.744. The van der Waals surface area contributed by atoms with Crippen LogP contribution in [0.25, 0.3) is 16.5 Å². The van der Waals surface area contributed by atoms with Crippen molar-refractivity contribution < 1.29 is 0 Å².